The average Bonchev–Trinajstić information content (AvgIpc) is 3.24. The number of benzene rings is 1. The zero-order chi connectivity index (χ0) is 14.6. The van der Waals surface area contributed by atoms with Gasteiger partial charge in [-0.2, -0.15) is 0 Å². The molecule has 0 aromatic heterocycles. The topological polar surface area (TPSA) is 21.3 Å². The van der Waals surface area contributed by atoms with Crippen LogP contribution in [0.15, 0.2) is 18.2 Å². The molecule has 0 radical (unpaired) electrons. The van der Waals surface area contributed by atoms with Gasteiger partial charge >= 0.3 is 0 Å². The monoisotopic (exact) mass is 283 g/mol. The molecule has 0 saturated heterocycles. The van der Waals surface area contributed by atoms with Crippen LogP contribution in [0.25, 0.3) is 0 Å². The number of hydrogen-bond donors (Lipinski definition) is 1. The van der Waals surface area contributed by atoms with Crippen molar-refractivity contribution in [1.29, 1.82) is 0 Å². The van der Waals surface area contributed by atoms with Crippen LogP contribution in [0.5, 0.6) is 0 Å². The Morgan fingerprint density at radius 1 is 1.35 bits per heavy atom. The molecule has 0 heterocycles. The smallest absolute Gasteiger partial charge is 0.126 e. The zero-order valence-corrected chi connectivity index (χ0v) is 12.2. The molecule has 112 valence electrons. The second kappa shape index (κ2) is 6.64. The van der Waals surface area contributed by atoms with Gasteiger partial charge in [0.1, 0.15) is 11.6 Å². The maximum Gasteiger partial charge on any atom is 0.126 e. The minimum Gasteiger partial charge on any atom is -0.383 e. The summed E-state index contributed by atoms with van der Waals surface area (Å²) in [6.07, 6.45) is 2.93. The molecule has 0 amide bonds. The van der Waals surface area contributed by atoms with Gasteiger partial charge in [0.15, 0.2) is 0 Å². The van der Waals surface area contributed by atoms with Crippen molar-refractivity contribution in [2.24, 2.45) is 11.3 Å². The summed E-state index contributed by atoms with van der Waals surface area (Å²) in [6.45, 7) is 4.41. The van der Waals surface area contributed by atoms with Crippen LogP contribution >= 0.6 is 0 Å². The Morgan fingerprint density at radius 3 is 2.75 bits per heavy atom. The molecule has 20 heavy (non-hydrogen) atoms. The summed E-state index contributed by atoms with van der Waals surface area (Å²) in [6, 6.07) is 3.71. The van der Waals surface area contributed by atoms with Crippen LogP contribution in [0, 0.1) is 23.0 Å². The van der Waals surface area contributed by atoms with Gasteiger partial charge in [-0.15, -0.1) is 0 Å². The molecule has 0 bridgehead atoms. The number of methoxy groups -OCH3 is 1. The summed E-state index contributed by atoms with van der Waals surface area (Å²) in [5.41, 5.74) is 0.454. The summed E-state index contributed by atoms with van der Waals surface area (Å²) >= 11 is 0. The molecule has 1 N–H and O–H groups in total. The van der Waals surface area contributed by atoms with Gasteiger partial charge < -0.3 is 10.1 Å². The molecule has 4 heteroatoms. The van der Waals surface area contributed by atoms with E-state index in [0.29, 0.717) is 24.5 Å². The predicted molar refractivity (Wildman–Crippen MR) is 75.6 cm³/mol. The Bertz CT molecular complexity index is 448. The summed E-state index contributed by atoms with van der Waals surface area (Å²) in [5, 5.41) is 3.36. The number of hydrogen-bond acceptors (Lipinski definition) is 2. The van der Waals surface area contributed by atoms with Crippen LogP contribution in [0.1, 0.15) is 25.3 Å². The van der Waals surface area contributed by atoms with Crippen molar-refractivity contribution in [2.75, 3.05) is 26.8 Å². The fraction of sp³-hybridized carbons (Fsp3) is 0.625. The van der Waals surface area contributed by atoms with Crippen molar-refractivity contribution in [3.63, 3.8) is 0 Å². The van der Waals surface area contributed by atoms with Crippen LogP contribution in [-0.2, 0) is 11.2 Å². The molecule has 1 aliphatic carbocycles. The van der Waals surface area contributed by atoms with E-state index < -0.39 is 0 Å². The van der Waals surface area contributed by atoms with Gasteiger partial charge in [-0.25, -0.2) is 8.78 Å². The lowest BCUT2D eigenvalue weighted by atomic mass is 9.78. The van der Waals surface area contributed by atoms with E-state index in [9.17, 15) is 8.78 Å². The SMILES string of the molecule is COCCNCC(C)(Cc1cc(F)ccc1F)C1CC1. The molecule has 1 fully saturated rings. The molecule has 2 rings (SSSR count). The highest BCUT2D eigenvalue weighted by Gasteiger charge is 2.41. The summed E-state index contributed by atoms with van der Waals surface area (Å²) in [7, 11) is 1.67. The zero-order valence-electron chi connectivity index (χ0n) is 12.2. The van der Waals surface area contributed by atoms with Crippen molar-refractivity contribution >= 4 is 0 Å². The first-order valence-corrected chi connectivity index (χ1v) is 7.19. The van der Waals surface area contributed by atoms with E-state index >= 15 is 0 Å². The van der Waals surface area contributed by atoms with E-state index in [1.54, 1.807) is 7.11 Å². The van der Waals surface area contributed by atoms with Crippen molar-refractivity contribution in [3.8, 4) is 0 Å². The van der Waals surface area contributed by atoms with Crippen LogP contribution in [-0.4, -0.2) is 26.8 Å². The maximum absolute atomic E-state index is 13.8. The number of nitrogens with one attached hydrogen (secondary N) is 1. The summed E-state index contributed by atoms with van der Waals surface area (Å²) < 4.78 is 32.1. The van der Waals surface area contributed by atoms with E-state index in [1.807, 2.05) is 0 Å². The highest BCUT2D eigenvalue weighted by Crippen LogP contribution is 2.47. The number of rotatable bonds is 8. The Morgan fingerprint density at radius 2 is 2.10 bits per heavy atom. The minimum absolute atomic E-state index is 0.0254. The Labute approximate surface area is 119 Å². The van der Waals surface area contributed by atoms with Crippen molar-refractivity contribution < 1.29 is 13.5 Å². The van der Waals surface area contributed by atoms with Crippen LogP contribution in [0.3, 0.4) is 0 Å². The van der Waals surface area contributed by atoms with Gasteiger partial charge in [0, 0.05) is 20.2 Å². The van der Waals surface area contributed by atoms with E-state index in [4.69, 9.17) is 4.74 Å². The molecule has 0 spiro atoms. The standard InChI is InChI=1S/C16H23F2NO/c1-16(13-3-4-13,11-19-7-8-20-2)10-12-9-14(17)5-6-15(12)18/h5-6,9,13,19H,3-4,7-8,10-11H2,1-2H3. The van der Waals surface area contributed by atoms with Crippen molar-refractivity contribution in [1.82, 2.24) is 5.32 Å². The minimum atomic E-state index is -0.369. The lowest BCUT2D eigenvalue weighted by molar-refractivity contribution is 0.186. The molecule has 1 unspecified atom stereocenters. The average molecular weight is 283 g/mol. The van der Waals surface area contributed by atoms with E-state index in [1.165, 1.54) is 31.0 Å². The lowest BCUT2D eigenvalue weighted by Crippen LogP contribution is -2.37. The molecular weight excluding hydrogens is 260 g/mol. The third-order valence-electron chi connectivity index (χ3n) is 4.18. The van der Waals surface area contributed by atoms with Crippen molar-refractivity contribution in [3.05, 3.63) is 35.4 Å². The molecule has 2 nitrogen and oxygen atoms in total. The second-order valence-corrected chi connectivity index (χ2v) is 6.01. The predicted octanol–water partition coefficient (Wildman–Crippen LogP) is 3.16. The third-order valence-corrected chi connectivity index (χ3v) is 4.18. The molecule has 1 aromatic carbocycles. The Balaban J connectivity index is 2.02. The fourth-order valence-corrected chi connectivity index (χ4v) is 2.79. The highest BCUT2D eigenvalue weighted by atomic mass is 19.1. The van der Waals surface area contributed by atoms with Crippen molar-refractivity contribution in [2.45, 2.75) is 26.2 Å². The Hall–Kier alpha value is -1.00. The van der Waals surface area contributed by atoms with Crippen LogP contribution in [0.2, 0.25) is 0 Å². The van der Waals surface area contributed by atoms with Gasteiger partial charge in [-0.05, 0) is 54.4 Å². The van der Waals surface area contributed by atoms with E-state index in [-0.39, 0.29) is 17.0 Å². The first-order chi connectivity index (χ1) is 9.55. The first kappa shape index (κ1) is 15.4. The number of halogens is 2. The van der Waals surface area contributed by atoms with Gasteiger partial charge in [0.2, 0.25) is 0 Å². The van der Waals surface area contributed by atoms with Gasteiger partial charge in [0.05, 0.1) is 6.61 Å². The van der Waals surface area contributed by atoms with Gasteiger partial charge in [-0.3, -0.25) is 0 Å². The third kappa shape index (κ3) is 4.00. The fourth-order valence-electron chi connectivity index (χ4n) is 2.79. The molecule has 1 atom stereocenters. The lowest BCUT2D eigenvalue weighted by Gasteiger charge is -2.30. The molecular formula is C16H23F2NO. The molecule has 0 aliphatic heterocycles. The van der Waals surface area contributed by atoms with Crippen LogP contribution < -0.4 is 5.32 Å². The second-order valence-electron chi connectivity index (χ2n) is 6.01. The van der Waals surface area contributed by atoms with E-state index in [0.717, 1.165) is 13.1 Å². The molecule has 1 aromatic rings. The molecule has 1 saturated carbocycles. The summed E-state index contributed by atoms with van der Waals surface area (Å²) in [4.78, 5) is 0. The largest absolute Gasteiger partial charge is 0.383 e. The number of ether oxygens (including phenoxy) is 1. The maximum atomic E-state index is 13.8. The Kier molecular flexibility index (Phi) is 5.11. The van der Waals surface area contributed by atoms with Gasteiger partial charge in [-0.1, -0.05) is 6.92 Å². The quantitative estimate of drug-likeness (QED) is 0.740. The molecule has 1 aliphatic rings. The van der Waals surface area contributed by atoms with Crippen LogP contribution in [0.4, 0.5) is 8.78 Å². The first-order valence-electron chi connectivity index (χ1n) is 7.19. The van der Waals surface area contributed by atoms with Gasteiger partial charge in [0.25, 0.3) is 0 Å². The summed E-state index contributed by atoms with van der Waals surface area (Å²) in [5.74, 6) is -0.0812. The normalized spacial score (nSPS) is 18.0. The highest BCUT2D eigenvalue weighted by molar-refractivity contribution is 5.21. The van der Waals surface area contributed by atoms with E-state index in [2.05, 4.69) is 12.2 Å².